The molecular weight excluding hydrogens is 252 g/mol. The van der Waals surface area contributed by atoms with E-state index < -0.39 is 0 Å². The predicted molar refractivity (Wildman–Crippen MR) is 80.0 cm³/mol. The van der Waals surface area contributed by atoms with Crippen LogP contribution in [0.15, 0.2) is 29.1 Å². The van der Waals surface area contributed by atoms with Crippen LogP contribution >= 0.6 is 0 Å². The number of nitrogens with zero attached hydrogens (tertiary/aromatic N) is 2. The first kappa shape index (κ1) is 14.6. The molecule has 1 unspecified atom stereocenters. The Kier molecular flexibility index (Phi) is 4.42. The third-order valence-electron chi connectivity index (χ3n) is 3.85. The zero-order valence-corrected chi connectivity index (χ0v) is 12.4. The van der Waals surface area contributed by atoms with E-state index in [1.807, 2.05) is 26.0 Å². The van der Waals surface area contributed by atoms with Gasteiger partial charge in [-0.2, -0.15) is 0 Å². The van der Waals surface area contributed by atoms with Crippen molar-refractivity contribution in [2.45, 2.75) is 46.2 Å². The van der Waals surface area contributed by atoms with E-state index in [2.05, 4.69) is 13.0 Å². The van der Waals surface area contributed by atoms with E-state index in [1.165, 1.54) is 0 Å². The summed E-state index contributed by atoms with van der Waals surface area (Å²) in [6.07, 6.45) is 6.03. The van der Waals surface area contributed by atoms with Crippen molar-refractivity contribution in [3.05, 3.63) is 45.9 Å². The van der Waals surface area contributed by atoms with Gasteiger partial charge in [-0.05, 0) is 32.4 Å². The van der Waals surface area contributed by atoms with Crippen molar-refractivity contribution < 1.29 is 4.79 Å². The van der Waals surface area contributed by atoms with E-state index in [4.69, 9.17) is 0 Å². The molecule has 0 saturated heterocycles. The number of carbonyl (C=O) groups excluding carboxylic acids is 1. The van der Waals surface area contributed by atoms with E-state index in [1.54, 1.807) is 15.5 Å². The van der Waals surface area contributed by atoms with Crippen molar-refractivity contribution >= 4 is 5.91 Å². The number of pyridine rings is 1. The number of carbonyl (C=O) groups is 1. The van der Waals surface area contributed by atoms with Crippen LogP contribution in [0.2, 0.25) is 0 Å². The van der Waals surface area contributed by atoms with Gasteiger partial charge in [-0.1, -0.05) is 25.5 Å². The van der Waals surface area contributed by atoms with Gasteiger partial charge in [-0.25, -0.2) is 0 Å². The lowest BCUT2D eigenvalue weighted by molar-refractivity contribution is 0.0742. The first-order valence-electron chi connectivity index (χ1n) is 7.28. The molecule has 108 valence electrons. The average Bonchev–Trinajstić information content (AvgIpc) is 2.87. The summed E-state index contributed by atoms with van der Waals surface area (Å²) in [5.74, 6) is -0.152. The Morgan fingerprint density at radius 1 is 1.35 bits per heavy atom. The minimum Gasteiger partial charge on any atom is -0.328 e. The molecule has 2 heterocycles. The van der Waals surface area contributed by atoms with Crippen LogP contribution in [0.5, 0.6) is 0 Å². The predicted octanol–water partition coefficient (Wildman–Crippen LogP) is 2.36. The summed E-state index contributed by atoms with van der Waals surface area (Å²) in [6, 6.07) is 3.63. The van der Waals surface area contributed by atoms with Gasteiger partial charge in [0.15, 0.2) is 0 Å². The number of aryl methyl sites for hydroxylation is 1. The largest absolute Gasteiger partial charge is 0.328 e. The summed E-state index contributed by atoms with van der Waals surface area (Å²) >= 11 is 0. The van der Waals surface area contributed by atoms with Gasteiger partial charge in [0, 0.05) is 18.8 Å². The van der Waals surface area contributed by atoms with Crippen LogP contribution in [-0.4, -0.2) is 28.0 Å². The van der Waals surface area contributed by atoms with Crippen molar-refractivity contribution in [3.63, 3.8) is 0 Å². The van der Waals surface area contributed by atoms with Crippen LogP contribution in [0.3, 0.4) is 0 Å². The Hall–Kier alpha value is -1.84. The van der Waals surface area contributed by atoms with Gasteiger partial charge < -0.3 is 9.47 Å². The molecule has 2 rings (SSSR count). The third-order valence-corrected chi connectivity index (χ3v) is 3.85. The Balaban J connectivity index is 2.33. The Morgan fingerprint density at radius 2 is 2.10 bits per heavy atom. The molecule has 1 atom stereocenters. The number of amides is 1. The molecule has 4 heteroatoms. The van der Waals surface area contributed by atoms with Crippen LogP contribution in [-0.2, 0) is 6.54 Å². The lowest BCUT2D eigenvalue weighted by Gasteiger charge is -2.24. The van der Waals surface area contributed by atoms with Gasteiger partial charge in [0.05, 0.1) is 6.04 Å². The SMILES string of the molecule is CCCC1C=CCN1C(=O)c1ccc(C)n(CC)c1=O. The third kappa shape index (κ3) is 2.55. The molecule has 0 N–H and O–H groups in total. The maximum absolute atomic E-state index is 12.6. The molecule has 0 saturated carbocycles. The highest BCUT2D eigenvalue weighted by Gasteiger charge is 2.27. The first-order valence-corrected chi connectivity index (χ1v) is 7.28. The maximum atomic E-state index is 12.6. The zero-order valence-electron chi connectivity index (χ0n) is 12.4. The number of rotatable bonds is 4. The second-order valence-corrected chi connectivity index (χ2v) is 5.18. The van der Waals surface area contributed by atoms with Gasteiger partial charge in [0.25, 0.3) is 11.5 Å². The van der Waals surface area contributed by atoms with Crippen LogP contribution in [0, 0.1) is 6.92 Å². The van der Waals surface area contributed by atoms with Crippen LogP contribution in [0.1, 0.15) is 42.7 Å². The molecule has 0 radical (unpaired) electrons. The Labute approximate surface area is 119 Å². The smallest absolute Gasteiger partial charge is 0.263 e. The summed E-state index contributed by atoms with van der Waals surface area (Å²) in [5.41, 5.74) is 0.987. The minimum atomic E-state index is -0.181. The van der Waals surface area contributed by atoms with Crippen molar-refractivity contribution in [2.75, 3.05) is 6.54 Å². The fraction of sp³-hybridized carbons (Fsp3) is 0.500. The minimum absolute atomic E-state index is 0.128. The van der Waals surface area contributed by atoms with Gasteiger partial charge >= 0.3 is 0 Å². The fourth-order valence-electron chi connectivity index (χ4n) is 2.73. The molecule has 0 aliphatic carbocycles. The van der Waals surface area contributed by atoms with Crippen molar-refractivity contribution in [2.24, 2.45) is 0 Å². The fourth-order valence-corrected chi connectivity index (χ4v) is 2.73. The molecule has 0 bridgehead atoms. The van der Waals surface area contributed by atoms with E-state index in [9.17, 15) is 9.59 Å². The second-order valence-electron chi connectivity index (χ2n) is 5.18. The normalized spacial score (nSPS) is 17.8. The molecule has 4 nitrogen and oxygen atoms in total. The lowest BCUT2D eigenvalue weighted by atomic mass is 10.1. The van der Waals surface area contributed by atoms with E-state index in [0.717, 1.165) is 18.5 Å². The average molecular weight is 274 g/mol. The first-order chi connectivity index (χ1) is 9.60. The summed E-state index contributed by atoms with van der Waals surface area (Å²) in [6.45, 7) is 7.09. The highest BCUT2D eigenvalue weighted by atomic mass is 16.2. The van der Waals surface area contributed by atoms with Crippen LogP contribution in [0.25, 0.3) is 0 Å². The molecule has 0 aromatic carbocycles. The molecule has 1 aliphatic rings. The monoisotopic (exact) mass is 274 g/mol. The van der Waals surface area contributed by atoms with Gasteiger partial charge in [0.1, 0.15) is 5.56 Å². The molecule has 1 aliphatic heterocycles. The summed E-state index contributed by atoms with van der Waals surface area (Å²) in [4.78, 5) is 26.8. The second kappa shape index (κ2) is 6.07. The molecule has 1 aromatic heterocycles. The Bertz CT molecular complexity index is 587. The number of hydrogen-bond donors (Lipinski definition) is 0. The van der Waals surface area contributed by atoms with Crippen LogP contribution in [0.4, 0.5) is 0 Å². The van der Waals surface area contributed by atoms with Crippen molar-refractivity contribution in [1.29, 1.82) is 0 Å². The van der Waals surface area contributed by atoms with E-state index >= 15 is 0 Å². The molecule has 1 aromatic rings. The topological polar surface area (TPSA) is 42.3 Å². The van der Waals surface area contributed by atoms with Gasteiger partial charge in [0.2, 0.25) is 0 Å². The molecule has 20 heavy (non-hydrogen) atoms. The van der Waals surface area contributed by atoms with Gasteiger partial charge in [-0.15, -0.1) is 0 Å². The highest BCUT2D eigenvalue weighted by molar-refractivity contribution is 5.94. The van der Waals surface area contributed by atoms with Crippen molar-refractivity contribution in [1.82, 2.24) is 9.47 Å². The van der Waals surface area contributed by atoms with Gasteiger partial charge in [-0.3, -0.25) is 9.59 Å². The van der Waals surface area contributed by atoms with E-state index in [-0.39, 0.29) is 23.1 Å². The van der Waals surface area contributed by atoms with Crippen LogP contribution < -0.4 is 5.56 Å². The summed E-state index contributed by atoms with van der Waals surface area (Å²) < 4.78 is 1.64. The lowest BCUT2D eigenvalue weighted by Crippen LogP contribution is -2.40. The molecular formula is C16H22N2O2. The molecule has 0 spiro atoms. The summed E-state index contributed by atoms with van der Waals surface area (Å²) in [7, 11) is 0. The van der Waals surface area contributed by atoms with E-state index in [0.29, 0.717) is 13.1 Å². The Morgan fingerprint density at radius 3 is 2.75 bits per heavy atom. The highest BCUT2D eigenvalue weighted by Crippen LogP contribution is 2.17. The number of aromatic nitrogens is 1. The molecule has 0 fully saturated rings. The maximum Gasteiger partial charge on any atom is 0.263 e. The number of hydrogen-bond acceptors (Lipinski definition) is 2. The zero-order chi connectivity index (χ0) is 14.7. The quantitative estimate of drug-likeness (QED) is 0.791. The summed E-state index contributed by atoms with van der Waals surface area (Å²) in [5, 5.41) is 0. The molecule has 1 amide bonds. The standard InChI is InChI=1S/C16H22N2O2/c1-4-7-13-8-6-11-18(13)16(20)14-10-9-12(3)17(5-2)15(14)19/h6,8-10,13H,4-5,7,11H2,1-3H3. The van der Waals surface area contributed by atoms with Crippen molar-refractivity contribution in [3.8, 4) is 0 Å².